The van der Waals surface area contributed by atoms with Gasteiger partial charge >= 0.3 is 0 Å². The largest absolute Gasteiger partial charge is 0.390 e. The Balaban J connectivity index is 1.32. The minimum atomic E-state index is -0.617. The molecule has 2 fully saturated rings. The van der Waals surface area contributed by atoms with Crippen molar-refractivity contribution in [3.05, 3.63) is 69.5 Å². The topological polar surface area (TPSA) is 47.0 Å². The number of aliphatic hydroxyl groups is 1. The van der Waals surface area contributed by atoms with Gasteiger partial charge in [-0.15, -0.1) is 0 Å². The van der Waals surface area contributed by atoms with E-state index in [0.717, 1.165) is 43.8 Å². The summed E-state index contributed by atoms with van der Waals surface area (Å²) in [7, 11) is 0. The molecule has 8 heteroatoms. The fourth-order valence-electron chi connectivity index (χ4n) is 4.21. The molecule has 2 saturated heterocycles. The number of rotatable bonds is 4. The zero-order valence-electron chi connectivity index (χ0n) is 16.5. The van der Waals surface area contributed by atoms with Gasteiger partial charge in [-0.05, 0) is 35.9 Å². The molecule has 2 aliphatic rings. The van der Waals surface area contributed by atoms with Crippen molar-refractivity contribution in [3.63, 3.8) is 0 Å². The minimum absolute atomic E-state index is 0.0117. The van der Waals surface area contributed by atoms with Gasteiger partial charge in [0.15, 0.2) is 0 Å². The van der Waals surface area contributed by atoms with E-state index in [1.165, 1.54) is 17.7 Å². The Kier molecular flexibility index (Phi) is 6.60. The molecule has 0 saturated carbocycles. The van der Waals surface area contributed by atoms with Crippen molar-refractivity contribution in [3.8, 4) is 0 Å². The molecule has 5 nitrogen and oxygen atoms in total. The van der Waals surface area contributed by atoms with Gasteiger partial charge in [0, 0.05) is 56.4 Å². The Bertz CT molecular complexity index is 904. The standard InChI is InChI=1S/C22H24Cl2FN3O2/c23-17-4-1-15(2-5-17)12-26-7-9-27(10-8-26)20-13-28(14-21(20)29)22(30)16-3-6-18(24)19(25)11-16/h1-6,11,20-21,29H,7-10,12-14H2/t20-,21-/m1/s1. The first kappa shape index (κ1) is 21.5. The first-order valence-electron chi connectivity index (χ1n) is 10.0. The summed E-state index contributed by atoms with van der Waals surface area (Å²) in [6.07, 6.45) is -0.617. The van der Waals surface area contributed by atoms with Crippen molar-refractivity contribution in [2.75, 3.05) is 39.3 Å². The number of likely N-dealkylation sites (tertiary alicyclic amines) is 1. The van der Waals surface area contributed by atoms with E-state index in [1.54, 1.807) is 4.90 Å². The van der Waals surface area contributed by atoms with Crippen LogP contribution in [0.25, 0.3) is 0 Å². The van der Waals surface area contributed by atoms with Crippen LogP contribution in [-0.2, 0) is 6.54 Å². The quantitative estimate of drug-likeness (QED) is 0.775. The van der Waals surface area contributed by atoms with Crippen molar-refractivity contribution in [2.45, 2.75) is 18.7 Å². The number of aliphatic hydroxyl groups excluding tert-OH is 1. The van der Waals surface area contributed by atoms with E-state index in [1.807, 2.05) is 24.3 Å². The summed E-state index contributed by atoms with van der Waals surface area (Å²) >= 11 is 11.7. The van der Waals surface area contributed by atoms with Gasteiger partial charge in [0.2, 0.25) is 0 Å². The third-order valence-electron chi connectivity index (χ3n) is 5.91. The third-order valence-corrected chi connectivity index (χ3v) is 6.47. The van der Waals surface area contributed by atoms with Crippen LogP contribution < -0.4 is 0 Å². The van der Waals surface area contributed by atoms with Gasteiger partial charge in [0.1, 0.15) is 5.82 Å². The van der Waals surface area contributed by atoms with Crippen molar-refractivity contribution in [2.24, 2.45) is 0 Å². The molecule has 0 bridgehead atoms. The van der Waals surface area contributed by atoms with Crippen LogP contribution in [0.4, 0.5) is 4.39 Å². The molecular formula is C22H24Cl2FN3O2. The molecule has 1 amide bonds. The molecular weight excluding hydrogens is 428 g/mol. The Morgan fingerprint density at radius 1 is 1.03 bits per heavy atom. The van der Waals surface area contributed by atoms with Gasteiger partial charge in [0.05, 0.1) is 17.2 Å². The average molecular weight is 452 g/mol. The van der Waals surface area contributed by atoms with E-state index in [2.05, 4.69) is 9.80 Å². The summed E-state index contributed by atoms with van der Waals surface area (Å²) in [5.41, 5.74) is 1.47. The van der Waals surface area contributed by atoms with E-state index < -0.39 is 11.9 Å². The Hall–Kier alpha value is -1.70. The second-order valence-electron chi connectivity index (χ2n) is 7.91. The smallest absolute Gasteiger partial charge is 0.254 e. The van der Waals surface area contributed by atoms with E-state index in [4.69, 9.17) is 23.2 Å². The van der Waals surface area contributed by atoms with E-state index in [9.17, 15) is 14.3 Å². The normalized spacial score (nSPS) is 23.1. The minimum Gasteiger partial charge on any atom is -0.390 e. The lowest BCUT2D eigenvalue weighted by Crippen LogP contribution is -2.53. The van der Waals surface area contributed by atoms with Gasteiger partial charge in [-0.3, -0.25) is 14.6 Å². The average Bonchev–Trinajstić information content (AvgIpc) is 3.13. The van der Waals surface area contributed by atoms with Gasteiger partial charge in [0.25, 0.3) is 5.91 Å². The number of hydrogen-bond donors (Lipinski definition) is 1. The van der Waals surface area contributed by atoms with E-state index >= 15 is 0 Å². The van der Waals surface area contributed by atoms with Crippen LogP contribution in [-0.4, -0.2) is 77.1 Å². The molecule has 0 spiro atoms. The first-order valence-corrected chi connectivity index (χ1v) is 10.8. The number of halogens is 3. The van der Waals surface area contributed by atoms with Crippen LogP contribution in [0.1, 0.15) is 15.9 Å². The van der Waals surface area contributed by atoms with Gasteiger partial charge < -0.3 is 10.0 Å². The van der Waals surface area contributed by atoms with Crippen LogP contribution >= 0.6 is 23.2 Å². The summed E-state index contributed by atoms with van der Waals surface area (Å²) in [4.78, 5) is 19.0. The first-order chi connectivity index (χ1) is 14.4. The Morgan fingerprint density at radius 2 is 1.73 bits per heavy atom. The predicted molar refractivity (Wildman–Crippen MR) is 115 cm³/mol. The molecule has 2 heterocycles. The molecule has 2 aliphatic heterocycles. The van der Waals surface area contributed by atoms with Crippen LogP contribution in [0.3, 0.4) is 0 Å². The number of β-amino-alcohol motifs (C(OH)–C–C–N with tert-alkyl or cyclic N) is 1. The third kappa shape index (κ3) is 4.79. The van der Waals surface area contributed by atoms with Gasteiger partial charge in [-0.25, -0.2) is 4.39 Å². The monoisotopic (exact) mass is 451 g/mol. The van der Waals surface area contributed by atoms with Crippen LogP contribution in [0.15, 0.2) is 42.5 Å². The molecule has 2 aromatic carbocycles. The number of benzene rings is 2. The molecule has 0 radical (unpaired) electrons. The summed E-state index contributed by atoms with van der Waals surface area (Å²) in [5.74, 6) is -0.899. The molecule has 0 aromatic heterocycles. The lowest BCUT2D eigenvalue weighted by Gasteiger charge is -2.38. The van der Waals surface area contributed by atoms with Crippen molar-refractivity contribution in [1.82, 2.24) is 14.7 Å². The highest BCUT2D eigenvalue weighted by atomic mass is 35.5. The molecule has 2 atom stereocenters. The number of piperazine rings is 1. The summed E-state index contributed by atoms with van der Waals surface area (Å²) in [6.45, 7) is 4.98. The maximum atomic E-state index is 13.7. The Labute approximate surface area is 185 Å². The summed E-state index contributed by atoms with van der Waals surface area (Å²) in [5, 5.41) is 11.3. The second kappa shape index (κ2) is 9.20. The van der Waals surface area contributed by atoms with E-state index in [-0.39, 0.29) is 29.1 Å². The molecule has 4 rings (SSSR count). The Morgan fingerprint density at radius 3 is 2.40 bits per heavy atom. The lowest BCUT2D eigenvalue weighted by molar-refractivity contribution is 0.0423. The summed E-state index contributed by atoms with van der Waals surface area (Å²) in [6, 6.07) is 11.8. The van der Waals surface area contributed by atoms with Crippen molar-refractivity contribution >= 4 is 29.1 Å². The number of carbonyl (C=O) groups is 1. The van der Waals surface area contributed by atoms with Gasteiger partial charge in [-0.1, -0.05) is 35.3 Å². The highest BCUT2D eigenvalue weighted by molar-refractivity contribution is 6.31. The van der Waals surface area contributed by atoms with Crippen LogP contribution in [0, 0.1) is 5.82 Å². The number of amides is 1. The second-order valence-corrected chi connectivity index (χ2v) is 8.76. The predicted octanol–water partition coefficient (Wildman–Crippen LogP) is 3.14. The van der Waals surface area contributed by atoms with Crippen molar-refractivity contribution < 1.29 is 14.3 Å². The van der Waals surface area contributed by atoms with Crippen LogP contribution in [0.5, 0.6) is 0 Å². The molecule has 160 valence electrons. The summed E-state index contributed by atoms with van der Waals surface area (Å²) < 4.78 is 13.7. The van der Waals surface area contributed by atoms with Gasteiger partial charge in [-0.2, -0.15) is 0 Å². The lowest BCUT2D eigenvalue weighted by atomic mass is 10.1. The zero-order chi connectivity index (χ0) is 21.3. The highest BCUT2D eigenvalue weighted by Gasteiger charge is 2.39. The van der Waals surface area contributed by atoms with Crippen molar-refractivity contribution in [1.29, 1.82) is 0 Å². The highest BCUT2D eigenvalue weighted by Crippen LogP contribution is 2.23. The number of carbonyl (C=O) groups excluding carboxylic acids is 1. The molecule has 1 N–H and O–H groups in total. The van der Waals surface area contributed by atoms with E-state index in [0.29, 0.717) is 6.54 Å². The maximum Gasteiger partial charge on any atom is 0.254 e. The van der Waals surface area contributed by atoms with Crippen LogP contribution in [0.2, 0.25) is 10.0 Å². The SMILES string of the molecule is O=C(c1ccc(Cl)c(F)c1)N1C[C@@H](O)[C@H](N2CCN(Cc3ccc(Cl)cc3)CC2)C1. The fraction of sp³-hybridized carbons (Fsp3) is 0.409. The number of nitrogens with zero attached hydrogens (tertiary/aromatic N) is 3. The fourth-order valence-corrected chi connectivity index (χ4v) is 4.45. The maximum absolute atomic E-state index is 13.7. The molecule has 0 aliphatic carbocycles. The molecule has 2 aromatic rings. The molecule has 0 unspecified atom stereocenters. The zero-order valence-corrected chi connectivity index (χ0v) is 18.0. The molecule has 30 heavy (non-hydrogen) atoms. The number of hydrogen-bond acceptors (Lipinski definition) is 4.